The van der Waals surface area contributed by atoms with Crippen molar-refractivity contribution >= 4 is 11.0 Å². The SMILES string of the molecule is CN(C)C1(CCc2ccccc2)CCC2(CC1)OCCc1c2[nH]c2ncccc12. The second-order valence-electron chi connectivity index (χ2n) is 9.08. The Morgan fingerprint density at radius 2 is 1.83 bits per heavy atom. The molecule has 0 atom stereocenters. The van der Waals surface area contributed by atoms with Gasteiger partial charge in [-0.15, -0.1) is 0 Å². The third kappa shape index (κ3) is 3.19. The number of hydrogen-bond acceptors (Lipinski definition) is 3. The number of nitrogens with one attached hydrogen (secondary N) is 1. The number of H-pyrrole nitrogens is 1. The Hall–Kier alpha value is -2.17. The first-order valence-electron chi connectivity index (χ1n) is 10.9. The first-order chi connectivity index (χ1) is 14.1. The normalized spacial score (nSPS) is 26.9. The average molecular weight is 390 g/mol. The van der Waals surface area contributed by atoms with Crippen LogP contribution < -0.4 is 0 Å². The van der Waals surface area contributed by atoms with E-state index in [-0.39, 0.29) is 11.1 Å². The molecule has 1 fully saturated rings. The fourth-order valence-corrected chi connectivity index (χ4v) is 5.60. The molecule has 1 saturated carbocycles. The molecule has 1 spiro atoms. The van der Waals surface area contributed by atoms with E-state index >= 15 is 0 Å². The van der Waals surface area contributed by atoms with Gasteiger partial charge in [0.25, 0.3) is 0 Å². The number of rotatable bonds is 4. The lowest BCUT2D eigenvalue weighted by atomic mass is 9.68. The lowest BCUT2D eigenvalue weighted by molar-refractivity contribution is -0.113. The quantitative estimate of drug-likeness (QED) is 0.694. The van der Waals surface area contributed by atoms with Crippen molar-refractivity contribution in [2.45, 2.75) is 56.1 Å². The van der Waals surface area contributed by atoms with Crippen LogP contribution in [-0.2, 0) is 23.2 Å². The number of aryl methyl sites for hydroxylation is 1. The molecule has 4 heteroatoms. The van der Waals surface area contributed by atoms with Gasteiger partial charge in [0.1, 0.15) is 11.2 Å². The maximum Gasteiger partial charge on any atom is 0.137 e. The van der Waals surface area contributed by atoms with Gasteiger partial charge < -0.3 is 14.6 Å². The molecule has 1 N–H and O–H groups in total. The number of aromatic amines is 1. The van der Waals surface area contributed by atoms with Crippen LogP contribution in [0.25, 0.3) is 11.0 Å². The molecule has 5 rings (SSSR count). The predicted molar refractivity (Wildman–Crippen MR) is 117 cm³/mol. The fraction of sp³-hybridized carbons (Fsp3) is 0.480. The Morgan fingerprint density at radius 1 is 1.03 bits per heavy atom. The van der Waals surface area contributed by atoms with Gasteiger partial charge >= 0.3 is 0 Å². The third-order valence-electron chi connectivity index (χ3n) is 7.52. The summed E-state index contributed by atoms with van der Waals surface area (Å²) in [7, 11) is 4.51. The minimum Gasteiger partial charge on any atom is -0.368 e. The molecule has 1 aromatic carbocycles. The van der Waals surface area contributed by atoms with Crippen LogP contribution in [0.3, 0.4) is 0 Å². The van der Waals surface area contributed by atoms with E-state index in [1.165, 1.54) is 28.6 Å². The Balaban J connectivity index is 1.40. The summed E-state index contributed by atoms with van der Waals surface area (Å²) in [4.78, 5) is 10.7. The monoisotopic (exact) mass is 389 g/mol. The number of pyridine rings is 1. The lowest BCUT2D eigenvalue weighted by Gasteiger charge is -2.50. The van der Waals surface area contributed by atoms with Crippen LogP contribution in [-0.4, -0.2) is 41.1 Å². The zero-order valence-electron chi connectivity index (χ0n) is 17.6. The number of benzene rings is 1. The van der Waals surface area contributed by atoms with Crippen LogP contribution >= 0.6 is 0 Å². The molecule has 1 aliphatic carbocycles. The Labute approximate surface area is 173 Å². The zero-order chi connectivity index (χ0) is 19.9. The molecule has 2 aliphatic rings. The summed E-state index contributed by atoms with van der Waals surface area (Å²) in [6.07, 6.45) is 9.65. The molecular weight excluding hydrogens is 358 g/mol. The molecule has 152 valence electrons. The Kier molecular flexibility index (Phi) is 4.72. The molecule has 0 bridgehead atoms. The van der Waals surface area contributed by atoms with Crippen molar-refractivity contribution in [2.75, 3.05) is 20.7 Å². The first kappa shape index (κ1) is 18.8. The maximum absolute atomic E-state index is 6.52. The molecule has 3 aromatic rings. The van der Waals surface area contributed by atoms with Gasteiger partial charge in [-0.1, -0.05) is 30.3 Å². The molecule has 1 aliphatic heterocycles. The molecular formula is C25H31N3O. The van der Waals surface area contributed by atoms with E-state index in [9.17, 15) is 0 Å². The number of hydrogen-bond donors (Lipinski definition) is 1. The lowest BCUT2D eigenvalue weighted by Crippen LogP contribution is -2.52. The average Bonchev–Trinajstić information content (AvgIpc) is 3.15. The summed E-state index contributed by atoms with van der Waals surface area (Å²) < 4.78 is 6.52. The topological polar surface area (TPSA) is 41.1 Å². The van der Waals surface area contributed by atoms with E-state index in [1.54, 1.807) is 0 Å². The van der Waals surface area contributed by atoms with Gasteiger partial charge in [0.2, 0.25) is 0 Å². The zero-order valence-corrected chi connectivity index (χ0v) is 17.6. The summed E-state index contributed by atoms with van der Waals surface area (Å²) in [6.45, 7) is 0.813. The van der Waals surface area contributed by atoms with Gasteiger partial charge in [-0.2, -0.15) is 0 Å². The van der Waals surface area contributed by atoms with Crippen LogP contribution in [0.15, 0.2) is 48.7 Å². The summed E-state index contributed by atoms with van der Waals surface area (Å²) in [6, 6.07) is 15.1. The second-order valence-corrected chi connectivity index (χ2v) is 9.08. The largest absolute Gasteiger partial charge is 0.368 e. The van der Waals surface area contributed by atoms with Crippen molar-refractivity contribution in [2.24, 2.45) is 0 Å². The molecule has 0 unspecified atom stereocenters. The highest BCUT2D eigenvalue weighted by molar-refractivity contribution is 5.82. The summed E-state index contributed by atoms with van der Waals surface area (Å²) in [5.74, 6) is 0. The number of ether oxygens (including phenoxy) is 1. The van der Waals surface area contributed by atoms with E-state index in [1.807, 2.05) is 12.3 Å². The molecule has 0 amide bonds. The highest BCUT2D eigenvalue weighted by Crippen LogP contribution is 2.50. The molecule has 4 nitrogen and oxygen atoms in total. The standard InChI is InChI=1S/C25H31N3O/c1-28(2)24(12-10-19-7-4-3-5-8-19)13-15-25(16-14-24)22-20(11-18-29-25)21-9-6-17-26-23(21)27-22/h3-9,17H,10-16,18H2,1-2H3,(H,26,27). The van der Waals surface area contributed by atoms with E-state index in [4.69, 9.17) is 4.74 Å². The molecule has 0 saturated heterocycles. The molecule has 29 heavy (non-hydrogen) atoms. The number of aromatic nitrogens is 2. The van der Waals surface area contributed by atoms with Crippen LogP contribution in [0, 0.1) is 0 Å². The maximum atomic E-state index is 6.52. The van der Waals surface area contributed by atoms with E-state index in [0.29, 0.717) is 0 Å². The number of nitrogens with zero attached hydrogens (tertiary/aromatic N) is 2. The van der Waals surface area contributed by atoms with Crippen LogP contribution in [0.1, 0.15) is 48.9 Å². The minimum absolute atomic E-state index is 0.166. The van der Waals surface area contributed by atoms with Crippen molar-refractivity contribution in [1.29, 1.82) is 0 Å². The van der Waals surface area contributed by atoms with Crippen molar-refractivity contribution in [1.82, 2.24) is 14.9 Å². The Morgan fingerprint density at radius 3 is 2.59 bits per heavy atom. The van der Waals surface area contributed by atoms with E-state index in [0.717, 1.165) is 50.8 Å². The van der Waals surface area contributed by atoms with Gasteiger partial charge in [-0.3, -0.25) is 0 Å². The van der Waals surface area contributed by atoms with Crippen molar-refractivity contribution in [3.8, 4) is 0 Å². The smallest absolute Gasteiger partial charge is 0.137 e. The highest BCUT2D eigenvalue weighted by Gasteiger charge is 2.48. The predicted octanol–water partition coefficient (Wildman–Crippen LogP) is 4.84. The van der Waals surface area contributed by atoms with E-state index < -0.39 is 0 Å². The van der Waals surface area contributed by atoms with Crippen LogP contribution in [0.2, 0.25) is 0 Å². The van der Waals surface area contributed by atoms with Crippen molar-refractivity contribution in [3.05, 3.63) is 65.5 Å². The highest BCUT2D eigenvalue weighted by atomic mass is 16.5. The van der Waals surface area contributed by atoms with Crippen LogP contribution in [0.5, 0.6) is 0 Å². The fourth-order valence-electron chi connectivity index (χ4n) is 5.60. The van der Waals surface area contributed by atoms with Gasteiger partial charge in [0.05, 0.1) is 12.3 Å². The van der Waals surface area contributed by atoms with Gasteiger partial charge in [-0.25, -0.2) is 4.98 Å². The minimum atomic E-state index is -0.166. The van der Waals surface area contributed by atoms with Gasteiger partial charge in [-0.05, 0) is 82.3 Å². The molecule has 3 heterocycles. The van der Waals surface area contributed by atoms with Gasteiger partial charge in [0.15, 0.2) is 0 Å². The molecule has 2 aromatic heterocycles. The summed E-state index contributed by atoms with van der Waals surface area (Å²) in [5.41, 5.74) is 5.25. The van der Waals surface area contributed by atoms with Crippen LogP contribution in [0.4, 0.5) is 0 Å². The third-order valence-corrected chi connectivity index (χ3v) is 7.52. The first-order valence-corrected chi connectivity index (χ1v) is 10.9. The summed E-state index contributed by atoms with van der Waals surface area (Å²) in [5, 5.41) is 1.28. The summed E-state index contributed by atoms with van der Waals surface area (Å²) >= 11 is 0. The van der Waals surface area contributed by atoms with Crippen molar-refractivity contribution < 1.29 is 4.74 Å². The Bertz CT molecular complexity index is 984. The van der Waals surface area contributed by atoms with E-state index in [2.05, 4.69) is 65.4 Å². The number of fused-ring (bicyclic) bond motifs is 4. The molecule has 0 radical (unpaired) electrons. The van der Waals surface area contributed by atoms with Gasteiger partial charge in [0, 0.05) is 17.1 Å². The second kappa shape index (κ2) is 7.26. The van der Waals surface area contributed by atoms with Crippen molar-refractivity contribution in [3.63, 3.8) is 0 Å².